The predicted octanol–water partition coefficient (Wildman–Crippen LogP) is 1.67. The molecule has 3 heteroatoms. The van der Waals surface area contributed by atoms with Gasteiger partial charge in [-0.2, -0.15) is 11.8 Å². The molecule has 0 aliphatic carbocycles. The van der Waals surface area contributed by atoms with Gasteiger partial charge in [0.2, 0.25) is 0 Å². The summed E-state index contributed by atoms with van der Waals surface area (Å²) < 4.78 is 0. The van der Waals surface area contributed by atoms with Crippen molar-refractivity contribution in [2.45, 2.75) is 32.1 Å². The predicted molar refractivity (Wildman–Crippen MR) is 66.0 cm³/mol. The Kier molecular flexibility index (Phi) is 5.28. The highest BCUT2D eigenvalue weighted by molar-refractivity contribution is 7.99. The van der Waals surface area contributed by atoms with Gasteiger partial charge in [-0.15, -0.1) is 0 Å². The molecule has 0 aromatic heterocycles. The molecule has 0 bridgehead atoms. The number of rotatable bonds is 4. The second kappa shape index (κ2) is 5.99. The van der Waals surface area contributed by atoms with Crippen LogP contribution in [0.2, 0.25) is 0 Å². The first kappa shape index (κ1) is 12.3. The van der Waals surface area contributed by atoms with Crippen molar-refractivity contribution in [3.05, 3.63) is 0 Å². The van der Waals surface area contributed by atoms with Gasteiger partial charge in [0.15, 0.2) is 0 Å². The van der Waals surface area contributed by atoms with Crippen LogP contribution in [-0.2, 0) is 0 Å². The zero-order valence-corrected chi connectivity index (χ0v) is 10.7. The normalized spacial score (nSPS) is 28.7. The Bertz CT molecular complexity index is 163. The molecule has 0 aromatic carbocycles. The number of nitrogens with one attached hydrogen (secondary N) is 1. The average Bonchev–Trinajstić information content (AvgIpc) is 2.17. The van der Waals surface area contributed by atoms with Crippen LogP contribution in [0.25, 0.3) is 0 Å². The summed E-state index contributed by atoms with van der Waals surface area (Å²) in [4.78, 5) is 2.64. The lowest BCUT2D eigenvalue weighted by Crippen LogP contribution is -2.46. The third kappa shape index (κ3) is 3.44. The fourth-order valence-electron chi connectivity index (χ4n) is 2.07. The molecule has 1 saturated heterocycles. The van der Waals surface area contributed by atoms with E-state index in [0.29, 0.717) is 6.04 Å². The molecule has 0 radical (unpaired) electrons. The van der Waals surface area contributed by atoms with Gasteiger partial charge >= 0.3 is 0 Å². The van der Waals surface area contributed by atoms with E-state index in [2.05, 4.69) is 42.7 Å². The second-order valence-electron chi connectivity index (χ2n) is 4.45. The van der Waals surface area contributed by atoms with Crippen molar-refractivity contribution in [1.29, 1.82) is 0 Å². The minimum Gasteiger partial charge on any atom is -0.319 e. The molecule has 84 valence electrons. The van der Waals surface area contributed by atoms with Gasteiger partial charge in [-0.25, -0.2) is 0 Å². The molecular formula is C11H24N2S. The van der Waals surface area contributed by atoms with Crippen molar-refractivity contribution < 1.29 is 0 Å². The minimum absolute atomic E-state index is 0.714. The van der Waals surface area contributed by atoms with E-state index in [4.69, 9.17) is 0 Å². The van der Waals surface area contributed by atoms with Crippen molar-refractivity contribution in [1.82, 2.24) is 10.2 Å². The van der Waals surface area contributed by atoms with Gasteiger partial charge in [-0.3, -0.25) is 4.90 Å². The molecule has 1 aliphatic rings. The first-order valence-electron chi connectivity index (χ1n) is 5.65. The molecule has 1 rings (SSSR count). The molecule has 1 N–H and O–H groups in total. The van der Waals surface area contributed by atoms with E-state index in [1.807, 2.05) is 7.05 Å². The molecule has 0 spiro atoms. The van der Waals surface area contributed by atoms with Crippen LogP contribution in [0.5, 0.6) is 0 Å². The van der Waals surface area contributed by atoms with Crippen molar-refractivity contribution in [3.63, 3.8) is 0 Å². The fourth-order valence-corrected chi connectivity index (χ4v) is 3.11. The van der Waals surface area contributed by atoms with Crippen molar-refractivity contribution in [2.24, 2.45) is 5.92 Å². The number of hydrogen-bond acceptors (Lipinski definition) is 3. The van der Waals surface area contributed by atoms with Crippen LogP contribution in [-0.4, -0.2) is 48.6 Å². The molecule has 3 atom stereocenters. The Morgan fingerprint density at radius 3 is 2.79 bits per heavy atom. The van der Waals surface area contributed by atoms with Gasteiger partial charge in [0.25, 0.3) is 0 Å². The molecule has 1 aliphatic heterocycles. The Labute approximate surface area is 92.8 Å². The van der Waals surface area contributed by atoms with E-state index in [-0.39, 0.29) is 0 Å². The molecule has 1 fully saturated rings. The Hall–Kier alpha value is 0.270. The fraction of sp³-hybridized carbons (Fsp3) is 1.00. The summed E-state index contributed by atoms with van der Waals surface area (Å²) in [5, 5.41) is 4.08. The van der Waals surface area contributed by atoms with Gasteiger partial charge in [0.1, 0.15) is 0 Å². The van der Waals surface area contributed by atoms with Crippen LogP contribution in [0.1, 0.15) is 20.8 Å². The first-order chi connectivity index (χ1) is 6.65. The number of nitrogens with zero attached hydrogens (tertiary/aromatic N) is 1. The quantitative estimate of drug-likeness (QED) is 0.769. The van der Waals surface area contributed by atoms with Crippen LogP contribution in [0, 0.1) is 5.92 Å². The van der Waals surface area contributed by atoms with Crippen LogP contribution < -0.4 is 5.32 Å². The maximum Gasteiger partial charge on any atom is 0.0147 e. The van der Waals surface area contributed by atoms with E-state index in [1.54, 1.807) is 0 Å². The third-order valence-electron chi connectivity index (χ3n) is 3.20. The Balaban J connectivity index is 2.38. The summed E-state index contributed by atoms with van der Waals surface area (Å²) in [7, 11) is 2.04. The van der Waals surface area contributed by atoms with Gasteiger partial charge in [0, 0.05) is 30.1 Å². The molecule has 0 saturated carbocycles. The van der Waals surface area contributed by atoms with Gasteiger partial charge in [0.05, 0.1) is 0 Å². The van der Waals surface area contributed by atoms with E-state index in [0.717, 1.165) is 17.7 Å². The van der Waals surface area contributed by atoms with Gasteiger partial charge < -0.3 is 5.32 Å². The zero-order valence-electron chi connectivity index (χ0n) is 9.92. The van der Waals surface area contributed by atoms with E-state index in [9.17, 15) is 0 Å². The average molecular weight is 216 g/mol. The monoisotopic (exact) mass is 216 g/mol. The van der Waals surface area contributed by atoms with Crippen LogP contribution in [0.4, 0.5) is 0 Å². The van der Waals surface area contributed by atoms with E-state index >= 15 is 0 Å². The summed E-state index contributed by atoms with van der Waals surface area (Å²) in [6.45, 7) is 10.7. The molecule has 1 heterocycles. The van der Waals surface area contributed by atoms with E-state index in [1.165, 1.54) is 18.8 Å². The smallest absolute Gasteiger partial charge is 0.0147 e. The molecule has 14 heavy (non-hydrogen) atoms. The Morgan fingerprint density at radius 1 is 1.50 bits per heavy atom. The van der Waals surface area contributed by atoms with Crippen LogP contribution >= 0.6 is 11.8 Å². The van der Waals surface area contributed by atoms with Crippen molar-refractivity contribution in [2.75, 3.05) is 32.4 Å². The van der Waals surface area contributed by atoms with E-state index < -0.39 is 0 Å². The zero-order chi connectivity index (χ0) is 10.6. The second-order valence-corrected chi connectivity index (χ2v) is 6.00. The summed E-state index contributed by atoms with van der Waals surface area (Å²) >= 11 is 2.11. The molecule has 0 aromatic rings. The lowest BCUT2D eigenvalue weighted by atomic mass is 10.0. The Morgan fingerprint density at radius 2 is 2.21 bits per heavy atom. The summed E-state index contributed by atoms with van der Waals surface area (Å²) in [6.07, 6.45) is 0. The SMILES string of the molecule is CNCC(C)C(C)N1CCSC(C)C1. The molecule has 0 amide bonds. The highest BCUT2D eigenvalue weighted by Gasteiger charge is 2.24. The summed E-state index contributed by atoms with van der Waals surface area (Å²) in [6, 6.07) is 0.714. The third-order valence-corrected chi connectivity index (χ3v) is 4.33. The van der Waals surface area contributed by atoms with Gasteiger partial charge in [-0.05, 0) is 26.4 Å². The number of hydrogen-bond donors (Lipinski definition) is 1. The minimum atomic E-state index is 0.714. The summed E-state index contributed by atoms with van der Waals surface area (Å²) in [5.74, 6) is 2.05. The van der Waals surface area contributed by atoms with Crippen molar-refractivity contribution in [3.8, 4) is 0 Å². The van der Waals surface area contributed by atoms with Crippen LogP contribution in [0.3, 0.4) is 0 Å². The highest BCUT2D eigenvalue weighted by Crippen LogP contribution is 2.21. The maximum absolute atomic E-state index is 3.27. The number of thioether (sulfide) groups is 1. The lowest BCUT2D eigenvalue weighted by Gasteiger charge is -2.38. The topological polar surface area (TPSA) is 15.3 Å². The standard InChI is InChI=1S/C11H24N2S/c1-9(7-12-4)11(3)13-5-6-14-10(2)8-13/h9-12H,5-8H2,1-4H3. The van der Waals surface area contributed by atoms with Gasteiger partial charge in [-0.1, -0.05) is 13.8 Å². The molecule has 2 nitrogen and oxygen atoms in total. The maximum atomic E-state index is 3.27. The van der Waals surface area contributed by atoms with Crippen LogP contribution in [0.15, 0.2) is 0 Å². The highest BCUT2D eigenvalue weighted by atomic mass is 32.2. The largest absolute Gasteiger partial charge is 0.319 e. The lowest BCUT2D eigenvalue weighted by molar-refractivity contribution is 0.167. The summed E-state index contributed by atoms with van der Waals surface area (Å²) in [5.41, 5.74) is 0. The van der Waals surface area contributed by atoms with Crippen molar-refractivity contribution >= 4 is 11.8 Å². The molecular weight excluding hydrogens is 192 g/mol. The first-order valence-corrected chi connectivity index (χ1v) is 6.70. The molecule has 3 unspecified atom stereocenters.